The predicted octanol–water partition coefficient (Wildman–Crippen LogP) is 3.05. The van der Waals surface area contributed by atoms with Gasteiger partial charge in [-0.1, -0.05) is 0 Å². The number of amides is 1. The van der Waals surface area contributed by atoms with Crippen molar-refractivity contribution in [2.75, 3.05) is 19.0 Å². The zero-order valence-electron chi connectivity index (χ0n) is 12.4. The number of anilines is 1. The Morgan fingerprint density at radius 1 is 1.29 bits per heavy atom. The van der Waals surface area contributed by atoms with E-state index >= 15 is 0 Å². The predicted molar refractivity (Wildman–Crippen MR) is 74.0 cm³/mol. The molecule has 7 heteroatoms. The van der Waals surface area contributed by atoms with Gasteiger partial charge in [0.2, 0.25) is 5.91 Å². The summed E-state index contributed by atoms with van der Waals surface area (Å²) in [5.74, 6) is -0.389. The van der Waals surface area contributed by atoms with E-state index in [1.807, 2.05) is 20.8 Å². The minimum absolute atomic E-state index is 0.138. The van der Waals surface area contributed by atoms with Crippen LogP contribution in [0.4, 0.5) is 14.5 Å². The van der Waals surface area contributed by atoms with Gasteiger partial charge < -0.3 is 19.5 Å². The smallest absolute Gasteiger partial charge is 0.387 e. The SMILES string of the molecule is COc1ccc(NC(=O)COC(C)(C)C)cc1OC(F)F. The summed E-state index contributed by atoms with van der Waals surface area (Å²) in [6.45, 7) is 2.35. The van der Waals surface area contributed by atoms with Gasteiger partial charge in [-0.2, -0.15) is 8.78 Å². The number of hydrogen-bond acceptors (Lipinski definition) is 4. The van der Waals surface area contributed by atoms with Crippen LogP contribution >= 0.6 is 0 Å². The molecule has 0 bridgehead atoms. The zero-order chi connectivity index (χ0) is 16.0. The number of nitrogens with one attached hydrogen (secondary N) is 1. The van der Waals surface area contributed by atoms with Gasteiger partial charge in [0, 0.05) is 11.8 Å². The summed E-state index contributed by atoms with van der Waals surface area (Å²) in [5.41, 5.74) is -0.129. The molecule has 1 N–H and O–H groups in total. The second-order valence-electron chi connectivity index (χ2n) is 5.19. The van der Waals surface area contributed by atoms with Gasteiger partial charge in [0.25, 0.3) is 0 Å². The highest BCUT2D eigenvalue weighted by molar-refractivity contribution is 5.92. The molecule has 5 nitrogen and oxygen atoms in total. The minimum Gasteiger partial charge on any atom is -0.493 e. The summed E-state index contributed by atoms with van der Waals surface area (Å²) < 4.78 is 39.1. The molecule has 1 aromatic carbocycles. The molecule has 0 aliphatic carbocycles. The lowest BCUT2D eigenvalue weighted by molar-refractivity contribution is -0.125. The largest absolute Gasteiger partial charge is 0.493 e. The lowest BCUT2D eigenvalue weighted by Crippen LogP contribution is -2.27. The molecule has 0 radical (unpaired) electrons. The fourth-order valence-electron chi connectivity index (χ4n) is 1.42. The monoisotopic (exact) mass is 303 g/mol. The molecular weight excluding hydrogens is 284 g/mol. The maximum atomic E-state index is 12.3. The molecule has 21 heavy (non-hydrogen) atoms. The maximum Gasteiger partial charge on any atom is 0.387 e. The highest BCUT2D eigenvalue weighted by atomic mass is 19.3. The average molecular weight is 303 g/mol. The number of methoxy groups -OCH3 is 1. The number of halogens is 2. The Morgan fingerprint density at radius 3 is 2.48 bits per heavy atom. The molecule has 0 aliphatic rings. The first-order valence-corrected chi connectivity index (χ1v) is 6.28. The van der Waals surface area contributed by atoms with Gasteiger partial charge in [0.05, 0.1) is 12.7 Å². The summed E-state index contributed by atoms with van der Waals surface area (Å²) in [6.07, 6.45) is 0. The first kappa shape index (κ1) is 17.2. The van der Waals surface area contributed by atoms with Crippen molar-refractivity contribution in [2.45, 2.75) is 33.0 Å². The molecule has 1 aromatic rings. The standard InChI is InChI=1S/C14H19F2NO4/c1-14(2,3)20-8-12(18)17-9-5-6-10(19-4)11(7-9)21-13(15)16/h5-7,13H,8H2,1-4H3,(H,17,18). The summed E-state index contributed by atoms with van der Waals surface area (Å²) >= 11 is 0. The number of ether oxygens (including phenoxy) is 3. The molecule has 0 aliphatic heterocycles. The molecule has 118 valence electrons. The number of carbonyl (C=O) groups is 1. The normalized spacial score (nSPS) is 11.4. The van der Waals surface area contributed by atoms with Gasteiger partial charge in [-0.25, -0.2) is 0 Å². The van der Waals surface area contributed by atoms with Crippen molar-refractivity contribution in [1.29, 1.82) is 0 Å². The van der Waals surface area contributed by atoms with Crippen LogP contribution in [0.2, 0.25) is 0 Å². The third-order valence-electron chi connectivity index (χ3n) is 2.30. The first-order valence-electron chi connectivity index (χ1n) is 6.28. The van der Waals surface area contributed by atoms with Crippen molar-refractivity contribution in [3.05, 3.63) is 18.2 Å². The molecule has 0 atom stereocenters. The van der Waals surface area contributed by atoms with E-state index in [9.17, 15) is 13.6 Å². The number of alkyl halides is 2. The van der Waals surface area contributed by atoms with E-state index in [2.05, 4.69) is 10.1 Å². The zero-order valence-corrected chi connectivity index (χ0v) is 12.4. The van der Waals surface area contributed by atoms with Crippen molar-refractivity contribution >= 4 is 11.6 Å². The van der Waals surface area contributed by atoms with Crippen LogP contribution in [0.1, 0.15) is 20.8 Å². The minimum atomic E-state index is -2.98. The fraction of sp³-hybridized carbons (Fsp3) is 0.500. The highest BCUT2D eigenvalue weighted by Gasteiger charge is 2.15. The fourth-order valence-corrected chi connectivity index (χ4v) is 1.42. The van der Waals surface area contributed by atoms with Gasteiger partial charge in [-0.05, 0) is 32.9 Å². The Morgan fingerprint density at radius 2 is 1.95 bits per heavy atom. The molecule has 0 heterocycles. The summed E-state index contributed by atoms with van der Waals surface area (Å²) in [7, 11) is 1.34. The van der Waals surface area contributed by atoms with Crippen molar-refractivity contribution in [3.63, 3.8) is 0 Å². The molecule has 0 saturated heterocycles. The maximum absolute atomic E-state index is 12.3. The molecule has 0 aromatic heterocycles. The van der Waals surface area contributed by atoms with Crippen LogP contribution < -0.4 is 14.8 Å². The van der Waals surface area contributed by atoms with Crippen molar-refractivity contribution < 1.29 is 27.8 Å². The average Bonchev–Trinajstić information content (AvgIpc) is 2.35. The molecular formula is C14H19F2NO4. The van der Waals surface area contributed by atoms with Gasteiger partial charge >= 0.3 is 6.61 Å². The molecule has 0 fully saturated rings. The van der Waals surface area contributed by atoms with Crippen LogP contribution in [-0.4, -0.2) is 31.8 Å². The van der Waals surface area contributed by atoms with E-state index in [4.69, 9.17) is 9.47 Å². The van der Waals surface area contributed by atoms with Crippen LogP contribution in [0.15, 0.2) is 18.2 Å². The van der Waals surface area contributed by atoms with E-state index in [0.29, 0.717) is 5.69 Å². The molecule has 1 amide bonds. The Labute approximate surface area is 122 Å². The first-order chi connectivity index (χ1) is 9.71. The molecule has 0 saturated carbocycles. The van der Waals surface area contributed by atoms with Crippen molar-refractivity contribution in [2.24, 2.45) is 0 Å². The van der Waals surface area contributed by atoms with Crippen LogP contribution in [0, 0.1) is 0 Å². The van der Waals surface area contributed by atoms with E-state index in [-0.39, 0.29) is 18.1 Å². The number of carbonyl (C=O) groups excluding carboxylic acids is 1. The third-order valence-corrected chi connectivity index (χ3v) is 2.30. The topological polar surface area (TPSA) is 56.8 Å². The summed E-state index contributed by atoms with van der Waals surface area (Å²) in [6, 6.07) is 4.21. The Kier molecular flexibility index (Phi) is 5.90. The van der Waals surface area contributed by atoms with Gasteiger partial charge in [-0.3, -0.25) is 4.79 Å². The van der Waals surface area contributed by atoms with E-state index in [1.165, 1.54) is 25.3 Å². The Hall–Kier alpha value is -1.89. The third kappa shape index (κ3) is 6.40. The molecule has 0 spiro atoms. The summed E-state index contributed by atoms with van der Waals surface area (Å²) in [5, 5.41) is 2.54. The lowest BCUT2D eigenvalue weighted by Gasteiger charge is -2.19. The lowest BCUT2D eigenvalue weighted by atomic mass is 10.2. The van der Waals surface area contributed by atoms with Crippen molar-refractivity contribution in [1.82, 2.24) is 0 Å². The molecule has 1 rings (SSSR count). The second kappa shape index (κ2) is 7.21. The van der Waals surface area contributed by atoms with Gasteiger partial charge in [0.15, 0.2) is 11.5 Å². The molecule has 0 unspecified atom stereocenters. The van der Waals surface area contributed by atoms with Crippen LogP contribution in [-0.2, 0) is 9.53 Å². The number of benzene rings is 1. The van der Waals surface area contributed by atoms with Gasteiger partial charge in [0.1, 0.15) is 6.61 Å². The second-order valence-corrected chi connectivity index (χ2v) is 5.19. The van der Waals surface area contributed by atoms with E-state index in [1.54, 1.807) is 0 Å². The van der Waals surface area contributed by atoms with E-state index in [0.717, 1.165) is 0 Å². The Bertz CT molecular complexity index is 486. The Balaban J connectivity index is 2.73. The van der Waals surface area contributed by atoms with Gasteiger partial charge in [-0.15, -0.1) is 0 Å². The highest BCUT2D eigenvalue weighted by Crippen LogP contribution is 2.31. The number of hydrogen-bond donors (Lipinski definition) is 1. The quantitative estimate of drug-likeness (QED) is 0.877. The number of rotatable bonds is 6. The summed E-state index contributed by atoms with van der Waals surface area (Å²) in [4.78, 5) is 11.7. The van der Waals surface area contributed by atoms with Crippen LogP contribution in [0.5, 0.6) is 11.5 Å². The van der Waals surface area contributed by atoms with Crippen molar-refractivity contribution in [3.8, 4) is 11.5 Å². The van der Waals surface area contributed by atoms with Crippen LogP contribution in [0.3, 0.4) is 0 Å². The van der Waals surface area contributed by atoms with E-state index < -0.39 is 18.1 Å². The van der Waals surface area contributed by atoms with Crippen LogP contribution in [0.25, 0.3) is 0 Å².